The van der Waals surface area contributed by atoms with Gasteiger partial charge in [0.05, 0.1) is 6.42 Å². The van der Waals surface area contributed by atoms with Crippen LogP contribution in [0, 0.1) is 23.5 Å². The molecule has 2 aliphatic rings. The Kier molecular flexibility index (Phi) is 5.96. The van der Waals surface area contributed by atoms with Crippen molar-refractivity contribution in [2.24, 2.45) is 0 Å². The van der Waals surface area contributed by atoms with Crippen molar-refractivity contribution >= 4 is 23.3 Å². The monoisotopic (exact) mass is 489 g/mol. The van der Waals surface area contributed by atoms with E-state index in [4.69, 9.17) is 0 Å². The Bertz CT molecular complexity index is 1370. The first-order valence-electron chi connectivity index (χ1n) is 11.2. The summed E-state index contributed by atoms with van der Waals surface area (Å²) in [4.78, 5) is 29.9. The Morgan fingerprint density at radius 2 is 1.69 bits per heavy atom. The van der Waals surface area contributed by atoms with Crippen molar-refractivity contribution in [3.63, 3.8) is 0 Å². The minimum absolute atomic E-state index is 0.0779. The van der Waals surface area contributed by atoms with Crippen LogP contribution in [0.2, 0.25) is 0 Å². The number of carbonyl (C=O) groups is 2. The summed E-state index contributed by atoms with van der Waals surface area (Å²) in [6.45, 7) is 1.80. The van der Waals surface area contributed by atoms with Crippen molar-refractivity contribution in [3.8, 4) is 11.8 Å². The van der Waals surface area contributed by atoms with Crippen molar-refractivity contribution < 1.29 is 23.5 Å². The Morgan fingerprint density at radius 1 is 1.00 bits per heavy atom. The Balaban J connectivity index is 1.44. The van der Waals surface area contributed by atoms with Crippen LogP contribution in [-0.2, 0) is 9.59 Å². The fourth-order valence-electron chi connectivity index (χ4n) is 4.59. The zero-order valence-electron chi connectivity index (χ0n) is 19.2. The lowest BCUT2D eigenvalue weighted by Gasteiger charge is -2.54. The number of piperazine rings is 1. The molecule has 8 nitrogen and oxygen atoms in total. The molecule has 1 aromatic heterocycles. The van der Waals surface area contributed by atoms with Gasteiger partial charge in [0, 0.05) is 30.4 Å². The molecule has 0 saturated carbocycles. The number of nitrogens with zero attached hydrogens (tertiary/aromatic N) is 5. The van der Waals surface area contributed by atoms with Crippen molar-refractivity contribution in [1.29, 1.82) is 0 Å². The van der Waals surface area contributed by atoms with Gasteiger partial charge in [-0.2, -0.15) is 5.10 Å². The molecule has 10 heteroatoms. The summed E-state index contributed by atoms with van der Waals surface area (Å²) in [6, 6.07) is 14.2. The van der Waals surface area contributed by atoms with Gasteiger partial charge in [0.15, 0.2) is 23.8 Å². The smallest absolute Gasteiger partial charge is 0.249 e. The van der Waals surface area contributed by atoms with Gasteiger partial charge in [-0.1, -0.05) is 30.0 Å². The molecule has 1 N–H and O–H groups in total. The first kappa shape index (κ1) is 23.5. The summed E-state index contributed by atoms with van der Waals surface area (Å²) in [5, 5.41) is 18.8. The third kappa shape index (κ3) is 3.98. The van der Waals surface area contributed by atoms with E-state index in [1.165, 1.54) is 22.9 Å². The topological polar surface area (TPSA) is 89.9 Å². The second-order valence-electron chi connectivity index (χ2n) is 8.70. The summed E-state index contributed by atoms with van der Waals surface area (Å²) in [5.74, 6) is 2.49. The van der Waals surface area contributed by atoms with E-state index < -0.39 is 47.4 Å². The standard InChI is InChI=1S/C26H21F2N5O3/c1-26-16-22(34)33(25(36)32(26)13-12-31(24(26)35)21-8-5-11-29-30-21)23-19(27)14-18(15-20(23)28)10-9-17-6-3-2-4-7-17/h2-8,11,14-15,25,36H,12-13,16H2,1H3/t25?,26-/m0/s1. The normalized spacial score (nSPS) is 22.2. The van der Waals surface area contributed by atoms with Crippen LogP contribution >= 0.6 is 0 Å². The zero-order chi connectivity index (χ0) is 25.4. The third-order valence-corrected chi connectivity index (χ3v) is 6.40. The number of aromatic nitrogens is 2. The molecule has 36 heavy (non-hydrogen) atoms. The lowest BCUT2D eigenvalue weighted by Crippen LogP contribution is -2.74. The third-order valence-electron chi connectivity index (χ3n) is 6.40. The molecule has 2 fully saturated rings. The summed E-state index contributed by atoms with van der Waals surface area (Å²) in [5.41, 5.74) is -1.37. The van der Waals surface area contributed by atoms with Gasteiger partial charge in [0.2, 0.25) is 11.8 Å². The molecule has 2 aromatic carbocycles. The fraction of sp³-hybridized carbons (Fsp3) is 0.231. The van der Waals surface area contributed by atoms with Gasteiger partial charge >= 0.3 is 0 Å². The maximum atomic E-state index is 15.1. The molecule has 0 spiro atoms. The van der Waals surface area contributed by atoms with Crippen LogP contribution in [0.15, 0.2) is 60.8 Å². The zero-order valence-corrected chi connectivity index (χ0v) is 19.2. The number of halogens is 2. The summed E-state index contributed by atoms with van der Waals surface area (Å²) >= 11 is 0. The first-order valence-corrected chi connectivity index (χ1v) is 11.2. The van der Waals surface area contributed by atoms with E-state index in [0.29, 0.717) is 16.3 Å². The molecule has 2 saturated heterocycles. The van der Waals surface area contributed by atoms with Gasteiger partial charge in [0.1, 0.15) is 11.2 Å². The SMILES string of the molecule is C[C@@]12CC(=O)N(c3c(F)cc(C#Cc4ccccc4)cc3F)C(O)N1CCN(c1cccnn1)C2=O. The lowest BCUT2D eigenvalue weighted by atomic mass is 9.88. The molecule has 1 unspecified atom stereocenters. The molecular weight excluding hydrogens is 468 g/mol. The molecule has 0 bridgehead atoms. The highest BCUT2D eigenvalue weighted by Gasteiger charge is 2.56. The van der Waals surface area contributed by atoms with Gasteiger partial charge in [-0.05, 0) is 43.3 Å². The van der Waals surface area contributed by atoms with E-state index >= 15 is 8.78 Å². The second-order valence-corrected chi connectivity index (χ2v) is 8.70. The summed E-state index contributed by atoms with van der Waals surface area (Å²) in [7, 11) is 0. The van der Waals surface area contributed by atoms with Gasteiger partial charge in [-0.3, -0.25) is 19.4 Å². The number of benzene rings is 2. The van der Waals surface area contributed by atoms with Crippen LogP contribution < -0.4 is 9.80 Å². The van der Waals surface area contributed by atoms with Crippen LogP contribution in [0.25, 0.3) is 0 Å². The average molecular weight is 489 g/mol. The van der Waals surface area contributed by atoms with E-state index in [0.717, 1.165) is 12.1 Å². The molecule has 0 aliphatic carbocycles. The maximum absolute atomic E-state index is 15.1. The molecule has 3 heterocycles. The van der Waals surface area contributed by atoms with Crippen LogP contribution in [0.3, 0.4) is 0 Å². The molecule has 2 aliphatic heterocycles. The number of hydrogen-bond acceptors (Lipinski definition) is 6. The fourth-order valence-corrected chi connectivity index (χ4v) is 4.59. The predicted molar refractivity (Wildman–Crippen MR) is 126 cm³/mol. The molecule has 5 rings (SSSR count). The maximum Gasteiger partial charge on any atom is 0.249 e. The Hall–Kier alpha value is -4.20. The molecule has 2 atom stereocenters. The predicted octanol–water partition coefficient (Wildman–Crippen LogP) is 2.27. The highest BCUT2D eigenvalue weighted by Crippen LogP contribution is 2.39. The second kappa shape index (κ2) is 9.11. The van der Waals surface area contributed by atoms with Gasteiger partial charge in [-0.15, -0.1) is 5.10 Å². The number of fused-ring (bicyclic) bond motifs is 1. The average Bonchev–Trinajstić information content (AvgIpc) is 2.86. The van der Waals surface area contributed by atoms with Crippen molar-refractivity contribution in [1.82, 2.24) is 15.1 Å². The van der Waals surface area contributed by atoms with Crippen LogP contribution in [0.5, 0.6) is 0 Å². The molecule has 2 amide bonds. The van der Waals surface area contributed by atoms with Crippen molar-refractivity contribution in [2.75, 3.05) is 22.9 Å². The van der Waals surface area contributed by atoms with E-state index in [1.807, 2.05) is 6.07 Å². The van der Waals surface area contributed by atoms with Gasteiger partial charge in [-0.25, -0.2) is 13.7 Å². The Labute approximate surface area is 205 Å². The number of anilines is 2. The lowest BCUT2D eigenvalue weighted by molar-refractivity contribution is -0.160. The van der Waals surface area contributed by atoms with E-state index in [9.17, 15) is 14.7 Å². The van der Waals surface area contributed by atoms with Gasteiger partial charge < -0.3 is 5.11 Å². The highest BCUT2D eigenvalue weighted by atomic mass is 19.1. The van der Waals surface area contributed by atoms with E-state index in [2.05, 4.69) is 22.0 Å². The quantitative estimate of drug-likeness (QED) is 0.556. The number of rotatable bonds is 2. The van der Waals surface area contributed by atoms with E-state index in [-0.39, 0.29) is 18.7 Å². The molecular formula is C26H21F2N5O3. The summed E-state index contributed by atoms with van der Waals surface area (Å²) in [6.07, 6.45) is -0.678. The van der Waals surface area contributed by atoms with Crippen LogP contribution in [0.4, 0.5) is 20.3 Å². The van der Waals surface area contributed by atoms with Crippen LogP contribution in [-0.4, -0.2) is 57.0 Å². The minimum atomic E-state index is -1.76. The molecule has 0 radical (unpaired) electrons. The largest absolute Gasteiger partial charge is 0.360 e. The minimum Gasteiger partial charge on any atom is -0.360 e. The van der Waals surface area contributed by atoms with Crippen molar-refractivity contribution in [3.05, 3.63) is 83.6 Å². The number of amides is 2. The first-order chi connectivity index (χ1) is 17.3. The van der Waals surface area contributed by atoms with Gasteiger partial charge in [0.25, 0.3) is 0 Å². The van der Waals surface area contributed by atoms with Crippen molar-refractivity contribution in [2.45, 2.75) is 25.2 Å². The number of aliphatic hydroxyl groups is 1. The molecule has 182 valence electrons. The molecule has 3 aromatic rings. The van der Waals surface area contributed by atoms with Crippen LogP contribution in [0.1, 0.15) is 24.5 Å². The Morgan fingerprint density at radius 3 is 2.36 bits per heavy atom. The summed E-state index contributed by atoms with van der Waals surface area (Å²) < 4.78 is 30.3. The number of carbonyl (C=O) groups excluding carboxylic acids is 2. The number of hydrogen-bond donors (Lipinski definition) is 1. The van der Waals surface area contributed by atoms with E-state index in [1.54, 1.807) is 36.4 Å². The number of aliphatic hydroxyl groups excluding tert-OH is 1. The highest BCUT2D eigenvalue weighted by molar-refractivity contribution is 6.06.